The van der Waals surface area contributed by atoms with Crippen LogP contribution in [0.2, 0.25) is 0 Å². The van der Waals surface area contributed by atoms with Gasteiger partial charge in [0, 0.05) is 23.9 Å². The number of nitrogens with zero attached hydrogens (tertiary/aromatic N) is 4. The van der Waals surface area contributed by atoms with E-state index in [0.29, 0.717) is 34.8 Å². The summed E-state index contributed by atoms with van der Waals surface area (Å²) in [6.45, 7) is 5.01. The molecule has 4 rings (SSSR count). The summed E-state index contributed by atoms with van der Waals surface area (Å²) in [5, 5.41) is 14.8. The van der Waals surface area contributed by atoms with Gasteiger partial charge in [0.05, 0.1) is 12.1 Å². The molecule has 1 aliphatic rings. The number of carbonyl (C=O) groups is 2. The molecule has 2 aromatic heterocycles. The lowest BCUT2D eigenvalue weighted by Crippen LogP contribution is -2.23. The summed E-state index contributed by atoms with van der Waals surface area (Å²) in [4.78, 5) is 30.3. The van der Waals surface area contributed by atoms with Crippen molar-refractivity contribution in [3.8, 4) is 10.6 Å². The Morgan fingerprint density at radius 2 is 2.03 bits per heavy atom. The number of hydrogen-bond donors (Lipinski definition) is 1. The molecule has 1 fully saturated rings. The third-order valence-electron chi connectivity index (χ3n) is 4.68. The van der Waals surface area contributed by atoms with Crippen molar-refractivity contribution in [2.24, 2.45) is 0 Å². The van der Waals surface area contributed by atoms with Gasteiger partial charge in [-0.1, -0.05) is 49.4 Å². The van der Waals surface area contributed by atoms with Gasteiger partial charge < -0.3 is 5.32 Å². The number of hydrogen-bond acceptors (Lipinski definition) is 7. The number of thiazole rings is 1. The van der Waals surface area contributed by atoms with Gasteiger partial charge in [-0.2, -0.15) is 0 Å². The van der Waals surface area contributed by atoms with Crippen LogP contribution in [0.1, 0.15) is 43.9 Å². The van der Waals surface area contributed by atoms with E-state index < -0.39 is 0 Å². The Labute approximate surface area is 176 Å². The third-order valence-corrected chi connectivity index (χ3v) is 6.48. The van der Waals surface area contributed by atoms with Crippen LogP contribution in [0.5, 0.6) is 0 Å². The maximum absolute atomic E-state index is 12.4. The predicted molar refractivity (Wildman–Crippen MR) is 115 cm³/mol. The van der Waals surface area contributed by atoms with Crippen molar-refractivity contribution in [2.45, 2.75) is 39.0 Å². The largest absolute Gasteiger partial charge is 0.300 e. The Hall–Kier alpha value is -2.65. The van der Waals surface area contributed by atoms with Crippen LogP contribution in [0.3, 0.4) is 0 Å². The first-order chi connectivity index (χ1) is 14.0. The molecule has 2 amide bonds. The minimum absolute atomic E-state index is 0.0955. The van der Waals surface area contributed by atoms with Gasteiger partial charge in [0.2, 0.25) is 16.9 Å². The molecule has 1 saturated heterocycles. The SMILES string of the molecule is CC(C)c1ccc(-c2nnc(NC(=O)Cc3csc(N4CCCC4=O)n3)s2)cc1. The number of carbonyl (C=O) groups excluding carboxylic acids is 2. The van der Waals surface area contributed by atoms with E-state index >= 15 is 0 Å². The van der Waals surface area contributed by atoms with Crippen LogP contribution in [-0.4, -0.2) is 33.5 Å². The summed E-state index contributed by atoms with van der Waals surface area (Å²) in [7, 11) is 0. The van der Waals surface area contributed by atoms with Gasteiger partial charge in [-0.05, 0) is 17.9 Å². The first-order valence-electron chi connectivity index (χ1n) is 9.48. The second-order valence-electron chi connectivity index (χ2n) is 7.18. The fourth-order valence-electron chi connectivity index (χ4n) is 3.08. The number of amides is 2. The van der Waals surface area contributed by atoms with Crippen LogP contribution in [0.25, 0.3) is 10.6 Å². The Kier molecular flexibility index (Phi) is 5.68. The fourth-order valence-corrected chi connectivity index (χ4v) is 4.71. The molecule has 0 bridgehead atoms. The molecule has 3 heterocycles. The van der Waals surface area contributed by atoms with Gasteiger partial charge in [-0.3, -0.25) is 14.5 Å². The highest BCUT2D eigenvalue weighted by Gasteiger charge is 2.24. The maximum atomic E-state index is 12.4. The zero-order chi connectivity index (χ0) is 20.4. The van der Waals surface area contributed by atoms with Gasteiger partial charge in [-0.15, -0.1) is 21.5 Å². The van der Waals surface area contributed by atoms with Crippen molar-refractivity contribution in [3.63, 3.8) is 0 Å². The lowest BCUT2D eigenvalue weighted by Gasteiger charge is -2.10. The predicted octanol–water partition coefficient (Wildman–Crippen LogP) is 4.09. The van der Waals surface area contributed by atoms with Crippen molar-refractivity contribution in [1.82, 2.24) is 15.2 Å². The fraction of sp³-hybridized carbons (Fsp3) is 0.350. The highest BCUT2D eigenvalue weighted by atomic mass is 32.1. The van der Waals surface area contributed by atoms with E-state index in [2.05, 4.69) is 46.5 Å². The molecule has 3 aromatic rings. The van der Waals surface area contributed by atoms with Gasteiger partial charge >= 0.3 is 0 Å². The molecule has 0 unspecified atom stereocenters. The number of benzene rings is 1. The zero-order valence-electron chi connectivity index (χ0n) is 16.2. The normalized spacial score (nSPS) is 14.0. The van der Waals surface area contributed by atoms with Crippen molar-refractivity contribution in [1.29, 1.82) is 0 Å². The molecule has 0 saturated carbocycles. The first kappa shape index (κ1) is 19.7. The van der Waals surface area contributed by atoms with Crippen molar-refractivity contribution in [3.05, 3.63) is 40.9 Å². The monoisotopic (exact) mass is 427 g/mol. The molecule has 0 spiro atoms. The van der Waals surface area contributed by atoms with E-state index in [9.17, 15) is 9.59 Å². The number of nitrogens with one attached hydrogen (secondary N) is 1. The Morgan fingerprint density at radius 3 is 2.72 bits per heavy atom. The van der Waals surface area contributed by atoms with Crippen LogP contribution in [0, 0.1) is 0 Å². The van der Waals surface area contributed by atoms with Gasteiger partial charge in [0.1, 0.15) is 5.01 Å². The highest BCUT2D eigenvalue weighted by Crippen LogP contribution is 2.28. The Balaban J connectivity index is 1.37. The lowest BCUT2D eigenvalue weighted by atomic mass is 10.0. The summed E-state index contributed by atoms with van der Waals surface area (Å²) in [5.41, 5.74) is 2.90. The van der Waals surface area contributed by atoms with Crippen molar-refractivity contribution in [2.75, 3.05) is 16.8 Å². The Bertz CT molecular complexity index is 1030. The minimum Gasteiger partial charge on any atom is -0.300 e. The molecule has 7 nitrogen and oxygen atoms in total. The average Bonchev–Trinajstić information content (AvgIpc) is 3.43. The smallest absolute Gasteiger partial charge is 0.232 e. The molecule has 9 heteroatoms. The van der Waals surface area contributed by atoms with Crippen molar-refractivity contribution < 1.29 is 9.59 Å². The van der Waals surface area contributed by atoms with E-state index in [4.69, 9.17) is 0 Å². The van der Waals surface area contributed by atoms with Crippen molar-refractivity contribution >= 4 is 44.8 Å². The highest BCUT2D eigenvalue weighted by molar-refractivity contribution is 7.18. The first-order valence-corrected chi connectivity index (χ1v) is 11.2. The van der Waals surface area contributed by atoms with E-state index in [1.807, 2.05) is 17.5 Å². The molecule has 29 heavy (non-hydrogen) atoms. The van der Waals surface area contributed by atoms with Gasteiger partial charge in [-0.25, -0.2) is 4.98 Å². The topological polar surface area (TPSA) is 88.1 Å². The zero-order valence-corrected chi connectivity index (χ0v) is 17.8. The minimum atomic E-state index is -0.201. The molecule has 1 N–H and O–H groups in total. The molecule has 0 radical (unpaired) electrons. The van der Waals surface area contributed by atoms with Crippen LogP contribution in [-0.2, 0) is 16.0 Å². The molecule has 1 aliphatic heterocycles. The van der Waals surface area contributed by atoms with E-state index in [1.54, 1.807) is 4.90 Å². The summed E-state index contributed by atoms with van der Waals surface area (Å²) in [6.07, 6.45) is 1.55. The standard InChI is InChI=1S/C20H21N5O2S2/c1-12(2)13-5-7-14(8-6-13)18-23-24-19(29-18)22-16(26)10-15-11-28-20(21-15)25-9-3-4-17(25)27/h5-8,11-12H,3-4,9-10H2,1-2H3,(H,22,24,26). The van der Waals surface area contributed by atoms with Crippen LogP contribution in [0.4, 0.5) is 10.3 Å². The number of anilines is 2. The van der Waals surface area contributed by atoms with Crippen LogP contribution < -0.4 is 10.2 Å². The molecular formula is C20H21N5O2S2. The lowest BCUT2D eigenvalue weighted by molar-refractivity contribution is -0.117. The van der Waals surface area contributed by atoms with E-state index in [-0.39, 0.29) is 18.2 Å². The summed E-state index contributed by atoms with van der Waals surface area (Å²) < 4.78 is 0. The summed E-state index contributed by atoms with van der Waals surface area (Å²) >= 11 is 2.73. The summed E-state index contributed by atoms with van der Waals surface area (Å²) in [5.74, 6) is 0.369. The van der Waals surface area contributed by atoms with Crippen LogP contribution in [0.15, 0.2) is 29.6 Å². The molecule has 0 aliphatic carbocycles. The maximum Gasteiger partial charge on any atom is 0.232 e. The molecule has 1 aromatic carbocycles. The van der Waals surface area contributed by atoms with Gasteiger partial charge in [0.25, 0.3) is 0 Å². The molecule has 150 valence electrons. The summed E-state index contributed by atoms with van der Waals surface area (Å²) in [6, 6.07) is 8.23. The van der Waals surface area contributed by atoms with Crippen LogP contribution >= 0.6 is 22.7 Å². The molecule has 0 atom stereocenters. The van der Waals surface area contributed by atoms with Gasteiger partial charge in [0.15, 0.2) is 5.13 Å². The quantitative estimate of drug-likeness (QED) is 0.640. The van der Waals surface area contributed by atoms with E-state index in [1.165, 1.54) is 28.2 Å². The van der Waals surface area contributed by atoms with E-state index in [0.717, 1.165) is 17.0 Å². The molecular weight excluding hydrogens is 406 g/mol. The Morgan fingerprint density at radius 1 is 1.24 bits per heavy atom. The second-order valence-corrected chi connectivity index (χ2v) is 9.00. The second kappa shape index (κ2) is 8.38. The number of rotatable bonds is 6. The number of aromatic nitrogens is 3. The average molecular weight is 428 g/mol. The third kappa shape index (κ3) is 4.51.